The molecule has 1 aliphatic rings. The van der Waals surface area contributed by atoms with Crippen LogP contribution in [0, 0.1) is 0 Å². The van der Waals surface area contributed by atoms with Crippen LogP contribution >= 0.6 is 0 Å². The van der Waals surface area contributed by atoms with E-state index >= 15 is 0 Å². The first-order chi connectivity index (χ1) is 9.34. The molecule has 0 aliphatic carbocycles. The zero-order valence-corrected chi connectivity index (χ0v) is 12.2. The number of amides is 1. The molecule has 1 aromatic carbocycles. The molecular weight excluding hydrogens is 258 g/mol. The van der Waals surface area contributed by atoms with Gasteiger partial charge in [-0.15, -0.1) is 0 Å². The summed E-state index contributed by atoms with van der Waals surface area (Å²) in [5.41, 5.74) is -0.0330. The average Bonchev–Trinajstić information content (AvgIpc) is 2.70. The lowest BCUT2D eigenvalue weighted by Gasteiger charge is -2.22. The summed E-state index contributed by atoms with van der Waals surface area (Å²) < 4.78 is 10.4. The van der Waals surface area contributed by atoms with E-state index in [0.717, 1.165) is 0 Å². The van der Waals surface area contributed by atoms with E-state index in [1.165, 1.54) is 4.90 Å². The summed E-state index contributed by atoms with van der Waals surface area (Å²) >= 11 is 0. The van der Waals surface area contributed by atoms with Gasteiger partial charge in [0.1, 0.15) is 17.4 Å². The Morgan fingerprint density at radius 2 is 2.15 bits per heavy atom. The lowest BCUT2D eigenvalue weighted by Crippen LogP contribution is -2.40. The fraction of sp³-hybridized carbons (Fsp3) is 0.467. The number of hydrogen-bond donors (Lipinski definition) is 0. The zero-order chi connectivity index (χ0) is 14.9. The van der Waals surface area contributed by atoms with Crippen molar-refractivity contribution in [2.24, 2.45) is 0 Å². The number of benzene rings is 1. The van der Waals surface area contributed by atoms with Gasteiger partial charge in [0.25, 0.3) is 5.91 Å². The Labute approximate surface area is 118 Å². The minimum Gasteiger partial charge on any atom is -0.497 e. The zero-order valence-electron chi connectivity index (χ0n) is 12.2. The number of carbonyl (C=O) groups excluding carboxylic acids is 2. The first-order valence-corrected chi connectivity index (χ1v) is 6.48. The molecule has 0 spiro atoms. The van der Waals surface area contributed by atoms with Crippen molar-refractivity contribution in [2.75, 3.05) is 14.2 Å². The molecule has 1 amide bonds. The molecule has 5 heteroatoms. The lowest BCUT2D eigenvalue weighted by molar-refractivity contribution is -0.148. The molecule has 1 fully saturated rings. The van der Waals surface area contributed by atoms with Gasteiger partial charge in [0.05, 0.1) is 7.11 Å². The minimum absolute atomic E-state index is 0.219. The molecule has 1 aromatic rings. The van der Waals surface area contributed by atoms with Crippen LogP contribution in [0.4, 0.5) is 0 Å². The molecule has 20 heavy (non-hydrogen) atoms. The summed E-state index contributed by atoms with van der Waals surface area (Å²) in [6.07, 6.45) is 0.498. The first kappa shape index (κ1) is 14.4. The number of cyclic esters (lactones) is 1. The third kappa shape index (κ3) is 2.76. The van der Waals surface area contributed by atoms with Gasteiger partial charge in [-0.3, -0.25) is 4.79 Å². The number of rotatable bonds is 3. The largest absolute Gasteiger partial charge is 0.497 e. The van der Waals surface area contributed by atoms with Gasteiger partial charge in [0.2, 0.25) is 0 Å². The lowest BCUT2D eigenvalue weighted by atomic mass is 10.0. The van der Waals surface area contributed by atoms with Crippen LogP contribution < -0.4 is 4.74 Å². The number of hydrogen-bond acceptors (Lipinski definition) is 4. The van der Waals surface area contributed by atoms with Crippen molar-refractivity contribution in [3.05, 3.63) is 29.8 Å². The molecule has 0 bridgehead atoms. The summed E-state index contributed by atoms with van der Waals surface area (Å²) in [7, 11) is 3.17. The number of nitrogens with zero attached hydrogens (tertiary/aromatic N) is 1. The maximum Gasteiger partial charge on any atom is 0.329 e. The van der Waals surface area contributed by atoms with Gasteiger partial charge in [-0.25, -0.2) is 4.79 Å². The number of carbonyl (C=O) groups is 2. The number of likely N-dealkylation sites (N-methyl/N-ethyl adjacent to an activating group) is 1. The standard InChI is InChI=1S/C15H19NO4/c1-15(2)9-12(14(18)20-15)16(3)13(17)10-6-5-7-11(8-10)19-4/h5-8,12H,9H2,1-4H3. The van der Waals surface area contributed by atoms with Crippen molar-refractivity contribution >= 4 is 11.9 Å². The maximum absolute atomic E-state index is 12.4. The Hall–Kier alpha value is -2.04. The van der Waals surface area contributed by atoms with Crippen LogP contribution in [0.25, 0.3) is 0 Å². The van der Waals surface area contributed by atoms with Crippen LogP contribution in [-0.2, 0) is 9.53 Å². The van der Waals surface area contributed by atoms with Gasteiger partial charge in [-0.2, -0.15) is 0 Å². The summed E-state index contributed by atoms with van der Waals surface area (Å²) in [5, 5.41) is 0. The van der Waals surface area contributed by atoms with Crippen molar-refractivity contribution in [3.63, 3.8) is 0 Å². The van der Waals surface area contributed by atoms with Gasteiger partial charge < -0.3 is 14.4 Å². The second kappa shape index (κ2) is 5.15. The molecule has 0 aromatic heterocycles. The maximum atomic E-state index is 12.4. The van der Waals surface area contributed by atoms with E-state index in [-0.39, 0.29) is 11.9 Å². The highest BCUT2D eigenvalue weighted by Crippen LogP contribution is 2.29. The number of esters is 1. The highest BCUT2D eigenvalue weighted by molar-refractivity contribution is 5.97. The van der Waals surface area contributed by atoms with Gasteiger partial charge in [-0.05, 0) is 32.0 Å². The molecule has 0 radical (unpaired) electrons. The van der Waals surface area contributed by atoms with Crippen LogP contribution in [0.3, 0.4) is 0 Å². The van der Waals surface area contributed by atoms with E-state index in [9.17, 15) is 9.59 Å². The average molecular weight is 277 g/mol. The van der Waals surface area contributed by atoms with Crippen LogP contribution in [0.1, 0.15) is 30.6 Å². The quantitative estimate of drug-likeness (QED) is 0.791. The molecule has 5 nitrogen and oxygen atoms in total. The first-order valence-electron chi connectivity index (χ1n) is 6.48. The second-order valence-corrected chi connectivity index (χ2v) is 5.55. The van der Waals surface area contributed by atoms with E-state index in [1.54, 1.807) is 38.4 Å². The molecule has 1 aliphatic heterocycles. The van der Waals surface area contributed by atoms with Crippen LogP contribution in [-0.4, -0.2) is 42.6 Å². The van der Waals surface area contributed by atoms with Crippen LogP contribution in [0.5, 0.6) is 5.75 Å². The summed E-state index contributed by atoms with van der Waals surface area (Å²) in [4.78, 5) is 25.7. The molecule has 2 rings (SSSR count). The Kier molecular flexibility index (Phi) is 3.70. The predicted molar refractivity (Wildman–Crippen MR) is 73.7 cm³/mol. The Bertz CT molecular complexity index is 538. The molecule has 0 saturated carbocycles. The summed E-state index contributed by atoms with van der Waals surface area (Å²) in [6, 6.07) is 6.33. The smallest absolute Gasteiger partial charge is 0.329 e. The van der Waals surface area contributed by atoms with Gasteiger partial charge in [0, 0.05) is 19.0 Å². The fourth-order valence-electron chi connectivity index (χ4n) is 2.33. The van der Waals surface area contributed by atoms with Crippen molar-refractivity contribution in [3.8, 4) is 5.75 Å². The predicted octanol–water partition coefficient (Wildman–Crippen LogP) is 1.86. The third-order valence-corrected chi connectivity index (χ3v) is 3.44. The number of methoxy groups -OCH3 is 1. The van der Waals surface area contributed by atoms with Crippen LogP contribution in [0.2, 0.25) is 0 Å². The monoisotopic (exact) mass is 277 g/mol. The van der Waals surface area contributed by atoms with E-state index in [4.69, 9.17) is 9.47 Å². The molecule has 0 N–H and O–H groups in total. The molecule has 1 unspecified atom stereocenters. The van der Waals surface area contributed by atoms with Crippen molar-refractivity contribution in [1.29, 1.82) is 0 Å². The van der Waals surface area contributed by atoms with Crippen LogP contribution in [0.15, 0.2) is 24.3 Å². The Morgan fingerprint density at radius 3 is 2.70 bits per heavy atom. The highest BCUT2D eigenvalue weighted by Gasteiger charge is 2.43. The topological polar surface area (TPSA) is 55.8 Å². The van der Waals surface area contributed by atoms with Gasteiger partial charge in [-0.1, -0.05) is 6.07 Å². The SMILES string of the molecule is COc1cccc(C(=O)N(C)C2CC(C)(C)OC2=O)c1. The number of ether oxygens (including phenoxy) is 2. The van der Waals surface area contributed by atoms with E-state index in [1.807, 2.05) is 13.8 Å². The van der Waals surface area contributed by atoms with Crippen molar-refractivity contribution < 1.29 is 19.1 Å². The Morgan fingerprint density at radius 1 is 1.45 bits per heavy atom. The summed E-state index contributed by atoms with van der Waals surface area (Å²) in [6.45, 7) is 3.68. The van der Waals surface area contributed by atoms with Gasteiger partial charge in [0.15, 0.2) is 0 Å². The molecule has 1 heterocycles. The Balaban J connectivity index is 2.18. The van der Waals surface area contributed by atoms with E-state index in [2.05, 4.69) is 0 Å². The van der Waals surface area contributed by atoms with Crippen molar-refractivity contribution in [1.82, 2.24) is 4.90 Å². The van der Waals surface area contributed by atoms with E-state index in [0.29, 0.717) is 17.7 Å². The molecular formula is C15H19NO4. The summed E-state index contributed by atoms with van der Waals surface area (Å²) in [5.74, 6) is 0.0378. The normalized spacial score (nSPS) is 20.4. The molecule has 1 atom stereocenters. The second-order valence-electron chi connectivity index (χ2n) is 5.55. The molecule has 1 saturated heterocycles. The highest BCUT2D eigenvalue weighted by atomic mass is 16.6. The third-order valence-electron chi connectivity index (χ3n) is 3.44. The van der Waals surface area contributed by atoms with Crippen molar-refractivity contribution in [2.45, 2.75) is 31.9 Å². The molecule has 108 valence electrons. The van der Waals surface area contributed by atoms with Gasteiger partial charge >= 0.3 is 5.97 Å². The van der Waals surface area contributed by atoms with E-state index < -0.39 is 11.6 Å². The fourth-order valence-corrected chi connectivity index (χ4v) is 2.33. The minimum atomic E-state index is -0.538.